The molecule has 0 aliphatic rings. The van der Waals surface area contributed by atoms with Crippen molar-refractivity contribution < 1.29 is 14.3 Å². The van der Waals surface area contributed by atoms with Gasteiger partial charge in [0.25, 0.3) is 0 Å². The molecule has 0 aliphatic heterocycles. The summed E-state index contributed by atoms with van der Waals surface area (Å²) in [5, 5.41) is 8.45. The second-order valence-corrected chi connectivity index (χ2v) is 1.82. The highest BCUT2D eigenvalue weighted by Gasteiger charge is 2.09. The molecular formula is C8H11NO3. The molecule has 0 aromatic rings. The summed E-state index contributed by atoms with van der Waals surface area (Å²) >= 11 is 0. The van der Waals surface area contributed by atoms with E-state index >= 15 is 0 Å². The van der Waals surface area contributed by atoms with Crippen LogP contribution in [0.4, 0.5) is 0 Å². The molecule has 0 spiro atoms. The molecule has 4 heteroatoms. The zero-order chi connectivity index (χ0) is 9.40. The Hall–Kier alpha value is -1.50. The molecule has 0 bridgehead atoms. The zero-order valence-corrected chi connectivity index (χ0v) is 7.16. The fraction of sp³-hybridized carbons (Fsp3) is 0.500. The standard InChI is InChI=1S/C8H11NO3/c1-3-11-6-7(5-9)8(10)12-4-2/h6H,3-4H2,1-2H3/b7-6+. The molecule has 66 valence electrons. The van der Waals surface area contributed by atoms with Gasteiger partial charge in [-0.15, -0.1) is 0 Å². The summed E-state index contributed by atoms with van der Waals surface area (Å²) in [7, 11) is 0. The third-order valence-corrected chi connectivity index (χ3v) is 0.984. The van der Waals surface area contributed by atoms with Gasteiger partial charge < -0.3 is 9.47 Å². The van der Waals surface area contributed by atoms with E-state index in [-0.39, 0.29) is 12.2 Å². The number of carbonyl (C=O) groups is 1. The first-order valence-electron chi connectivity index (χ1n) is 3.65. The molecule has 0 atom stereocenters. The van der Waals surface area contributed by atoms with E-state index in [4.69, 9.17) is 10.00 Å². The molecule has 0 aromatic carbocycles. The van der Waals surface area contributed by atoms with Crippen LogP contribution < -0.4 is 0 Å². The number of nitriles is 1. The number of ether oxygens (including phenoxy) is 2. The average Bonchev–Trinajstić information content (AvgIpc) is 2.06. The van der Waals surface area contributed by atoms with Crippen LogP contribution in [0.3, 0.4) is 0 Å². The number of esters is 1. The molecule has 0 amide bonds. The van der Waals surface area contributed by atoms with E-state index in [0.717, 1.165) is 6.26 Å². The summed E-state index contributed by atoms with van der Waals surface area (Å²) < 4.78 is 9.35. The Kier molecular flexibility index (Phi) is 5.45. The number of carbonyl (C=O) groups excluding carboxylic acids is 1. The van der Waals surface area contributed by atoms with Crippen molar-refractivity contribution in [1.82, 2.24) is 0 Å². The molecule has 12 heavy (non-hydrogen) atoms. The fourth-order valence-electron chi connectivity index (χ4n) is 0.496. The van der Waals surface area contributed by atoms with Gasteiger partial charge in [0.1, 0.15) is 12.3 Å². The van der Waals surface area contributed by atoms with Crippen LogP contribution in [-0.4, -0.2) is 19.2 Å². The first kappa shape index (κ1) is 10.5. The molecule has 0 rings (SSSR count). The van der Waals surface area contributed by atoms with Crippen LogP contribution in [-0.2, 0) is 14.3 Å². The Morgan fingerprint density at radius 2 is 2.17 bits per heavy atom. The largest absolute Gasteiger partial charge is 0.500 e. The van der Waals surface area contributed by atoms with Gasteiger partial charge in [0.15, 0.2) is 5.57 Å². The molecule has 0 aliphatic carbocycles. The van der Waals surface area contributed by atoms with Crippen LogP contribution >= 0.6 is 0 Å². The first-order chi connectivity index (χ1) is 5.76. The summed E-state index contributed by atoms with van der Waals surface area (Å²) in [6.45, 7) is 4.11. The summed E-state index contributed by atoms with van der Waals surface area (Å²) in [5.74, 6) is -0.645. The van der Waals surface area contributed by atoms with Crippen LogP contribution in [0.1, 0.15) is 13.8 Å². The lowest BCUT2D eigenvalue weighted by atomic mass is 10.3. The van der Waals surface area contributed by atoms with E-state index < -0.39 is 5.97 Å². The van der Waals surface area contributed by atoms with Crippen LogP contribution in [0.15, 0.2) is 11.8 Å². The predicted molar refractivity (Wildman–Crippen MR) is 42.0 cm³/mol. The summed E-state index contributed by atoms with van der Waals surface area (Å²) in [6.07, 6.45) is 1.11. The highest BCUT2D eigenvalue weighted by molar-refractivity contribution is 5.92. The zero-order valence-electron chi connectivity index (χ0n) is 7.16. The number of nitrogens with zero attached hydrogens (tertiary/aromatic N) is 1. The van der Waals surface area contributed by atoms with Gasteiger partial charge in [-0.2, -0.15) is 5.26 Å². The van der Waals surface area contributed by atoms with Crippen molar-refractivity contribution in [3.8, 4) is 6.07 Å². The molecule has 0 saturated carbocycles. The van der Waals surface area contributed by atoms with Crippen molar-refractivity contribution in [3.05, 3.63) is 11.8 Å². The number of hydrogen-bond donors (Lipinski definition) is 0. The third kappa shape index (κ3) is 3.62. The SMILES string of the molecule is CCO/C=C(\C#N)C(=O)OCC. The lowest BCUT2D eigenvalue weighted by Crippen LogP contribution is -2.06. The summed E-state index contributed by atoms with van der Waals surface area (Å²) in [4.78, 5) is 10.9. The van der Waals surface area contributed by atoms with E-state index in [0.29, 0.717) is 6.61 Å². The van der Waals surface area contributed by atoms with Crippen molar-refractivity contribution in [1.29, 1.82) is 5.26 Å². The maximum atomic E-state index is 10.9. The van der Waals surface area contributed by atoms with E-state index in [1.807, 2.05) is 0 Å². The van der Waals surface area contributed by atoms with Gasteiger partial charge in [-0.1, -0.05) is 0 Å². The average molecular weight is 169 g/mol. The Balaban J connectivity index is 4.16. The highest BCUT2D eigenvalue weighted by atomic mass is 16.5. The van der Waals surface area contributed by atoms with Crippen LogP contribution in [0, 0.1) is 11.3 Å². The normalized spacial score (nSPS) is 10.2. The quantitative estimate of drug-likeness (QED) is 0.272. The highest BCUT2D eigenvalue weighted by Crippen LogP contribution is 1.96. The minimum absolute atomic E-state index is 0.112. The molecule has 0 N–H and O–H groups in total. The Morgan fingerprint density at radius 3 is 2.58 bits per heavy atom. The summed E-state index contributed by atoms with van der Waals surface area (Å²) in [6, 6.07) is 1.68. The van der Waals surface area contributed by atoms with Crippen LogP contribution in [0.25, 0.3) is 0 Å². The molecule has 0 aromatic heterocycles. The predicted octanol–water partition coefficient (Wildman–Crippen LogP) is 0.993. The van der Waals surface area contributed by atoms with E-state index in [1.54, 1.807) is 19.9 Å². The molecule has 0 radical (unpaired) electrons. The van der Waals surface area contributed by atoms with Gasteiger partial charge in [-0.25, -0.2) is 4.79 Å². The van der Waals surface area contributed by atoms with Crippen molar-refractivity contribution in [2.75, 3.05) is 13.2 Å². The van der Waals surface area contributed by atoms with E-state index in [9.17, 15) is 4.79 Å². The van der Waals surface area contributed by atoms with Crippen molar-refractivity contribution in [3.63, 3.8) is 0 Å². The van der Waals surface area contributed by atoms with Crippen molar-refractivity contribution in [2.45, 2.75) is 13.8 Å². The van der Waals surface area contributed by atoms with Gasteiger partial charge >= 0.3 is 5.97 Å². The van der Waals surface area contributed by atoms with Crippen LogP contribution in [0.5, 0.6) is 0 Å². The molecule has 0 saturated heterocycles. The Labute approximate surface area is 71.4 Å². The lowest BCUT2D eigenvalue weighted by molar-refractivity contribution is -0.138. The van der Waals surface area contributed by atoms with Crippen molar-refractivity contribution >= 4 is 5.97 Å². The second-order valence-electron chi connectivity index (χ2n) is 1.82. The maximum Gasteiger partial charge on any atom is 0.352 e. The van der Waals surface area contributed by atoms with Gasteiger partial charge in [-0.05, 0) is 13.8 Å². The van der Waals surface area contributed by atoms with Crippen LogP contribution in [0.2, 0.25) is 0 Å². The van der Waals surface area contributed by atoms with Crippen molar-refractivity contribution in [2.24, 2.45) is 0 Å². The fourth-order valence-corrected chi connectivity index (χ4v) is 0.496. The van der Waals surface area contributed by atoms with Gasteiger partial charge in [0, 0.05) is 0 Å². The Morgan fingerprint density at radius 1 is 1.50 bits per heavy atom. The molecular weight excluding hydrogens is 158 g/mol. The summed E-state index contributed by atoms with van der Waals surface area (Å²) in [5.41, 5.74) is -0.112. The lowest BCUT2D eigenvalue weighted by Gasteiger charge is -1.99. The van der Waals surface area contributed by atoms with E-state index in [1.165, 1.54) is 0 Å². The minimum Gasteiger partial charge on any atom is -0.500 e. The monoisotopic (exact) mass is 169 g/mol. The Bertz CT molecular complexity index is 215. The van der Waals surface area contributed by atoms with Gasteiger partial charge in [0.05, 0.1) is 13.2 Å². The number of hydrogen-bond acceptors (Lipinski definition) is 4. The smallest absolute Gasteiger partial charge is 0.352 e. The van der Waals surface area contributed by atoms with E-state index in [2.05, 4.69) is 4.74 Å². The molecule has 0 heterocycles. The maximum absolute atomic E-state index is 10.9. The minimum atomic E-state index is -0.645. The topological polar surface area (TPSA) is 59.3 Å². The number of rotatable bonds is 4. The third-order valence-electron chi connectivity index (χ3n) is 0.984. The van der Waals surface area contributed by atoms with Gasteiger partial charge in [-0.3, -0.25) is 0 Å². The molecule has 0 fully saturated rings. The molecule has 0 unspecified atom stereocenters. The first-order valence-corrected chi connectivity index (χ1v) is 3.65. The second kappa shape index (κ2) is 6.23. The van der Waals surface area contributed by atoms with Gasteiger partial charge in [0.2, 0.25) is 0 Å². The molecule has 4 nitrogen and oxygen atoms in total.